The summed E-state index contributed by atoms with van der Waals surface area (Å²) in [4.78, 5) is 29.5. The Labute approximate surface area is 159 Å². The number of para-hydroxylation sites is 1. The van der Waals surface area contributed by atoms with E-state index in [1.165, 1.54) is 4.90 Å². The summed E-state index contributed by atoms with van der Waals surface area (Å²) in [5.74, 6) is -4.08. The SMILES string of the molecule is CC1(C)CN(C(=O)c2ccc(F)c(F)c2)C(C(=O)O)c2[nH]c3ccccc3c21. The van der Waals surface area contributed by atoms with Crippen molar-refractivity contribution in [1.82, 2.24) is 9.88 Å². The molecule has 1 unspecified atom stereocenters. The van der Waals surface area contributed by atoms with Gasteiger partial charge in [-0.15, -0.1) is 0 Å². The number of hydrogen-bond acceptors (Lipinski definition) is 2. The zero-order valence-corrected chi connectivity index (χ0v) is 15.3. The lowest BCUT2D eigenvalue weighted by Crippen LogP contribution is -2.50. The second kappa shape index (κ2) is 6.15. The van der Waals surface area contributed by atoms with Gasteiger partial charge in [-0.3, -0.25) is 4.79 Å². The predicted molar refractivity (Wildman–Crippen MR) is 99.1 cm³/mol. The van der Waals surface area contributed by atoms with Crippen molar-refractivity contribution in [3.8, 4) is 0 Å². The second-order valence-electron chi connectivity index (χ2n) is 7.65. The number of amides is 1. The van der Waals surface area contributed by atoms with E-state index in [0.29, 0.717) is 5.69 Å². The van der Waals surface area contributed by atoms with E-state index in [9.17, 15) is 23.5 Å². The number of carbonyl (C=O) groups is 2. The van der Waals surface area contributed by atoms with Crippen LogP contribution in [-0.4, -0.2) is 33.4 Å². The number of aliphatic carboxylic acids is 1. The van der Waals surface area contributed by atoms with Crippen molar-refractivity contribution in [2.75, 3.05) is 6.54 Å². The number of carboxylic acid groups (broad SMARTS) is 1. The van der Waals surface area contributed by atoms with Gasteiger partial charge in [0.2, 0.25) is 0 Å². The van der Waals surface area contributed by atoms with Gasteiger partial charge in [-0.05, 0) is 29.8 Å². The third-order valence-corrected chi connectivity index (χ3v) is 5.22. The molecule has 0 aliphatic carbocycles. The Morgan fingerprint density at radius 2 is 1.86 bits per heavy atom. The van der Waals surface area contributed by atoms with Gasteiger partial charge < -0.3 is 15.0 Å². The summed E-state index contributed by atoms with van der Waals surface area (Å²) >= 11 is 0. The molecule has 144 valence electrons. The minimum atomic E-state index is -1.25. The number of carboxylic acids is 1. The maximum atomic E-state index is 13.6. The molecule has 0 fully saturated rings. The fourth-order valence-corrected chi connectivity index (χ4v) is 4.09. The molecule has 3 aromatic rings. The van der Waals surface area contributed by atoms with Gasteiger partial charge in [0, 0.05) is 28.4 Å². The third kappa shape index (κ3) is 2.66. The quantitative estimate of drug-likeness (QED) is 0.701. The molecule has 0 spiro atoms. The van der Waals surface area contributed by atoms with Gasteiger partial charge in [0.25, 0.3) is 5.91 Å². The molecule has 2 N–H and O–H groups in total. The molecule has 1 atom stereocenters. The van der Waals surface area contributed by atoms with Gasteiger partial charge in [-0.25, -0.2) is 13.6 Å². The smallest absolute Gasteiger partial charge is 0.332 e. The van der Waals surface area contributed by atoms with Crippen LogP contribution in [0.4, 0.5) is 8.78 Å². The fraction of sp³-hybridized carbons (Fsp3) is 0.238. The topological polar surface area (TPSA) is 73.4 Å². The van der Waals surface area contributed by atoms with Crippen molar-refractivity contribution in [2.24, 2.45) is 0 Å². The predicted octanol–water partition coefficient (Wildman–Crippen LogP) is 4.01. The average Bonchev–Trinajstić information content (AvgIpc) is 3.02. The Bertz CT molecular complexity index is 1120. The van der Waals surface area contributed by atoms with Gasteiger partial charge in [0.05, 0.1) is 5.69 Å². The number of aromatic amines is 1. The summed E-state index contributed by atoms with van der Waals surface area (Å²) in [7, 11) is 0. The van der Waals surface area contributed by atoms with Crippen LogP contribution in [0.25, 0.3) is 10.9 Å². The van der Waals surface area contributed by atoms with Crippen LogP contribution in [0.5, 0.6) is 0 Å². The van der Waals surface area contributed by atoms with Crippen molar-refractivity contribution >= 4 is 22.8 Å². The summed E-state index contributed by atoms with van der Waals surface area (Å²) in [6.07, 6.45) is 0. The number of rotatable bonds is 2. The third-order valence-electron chi connectivity index (χ3n) is 5.22. The Morgan fingerprint density at radius 3 is 2.54 bits per heavy atom. The summed E-state index contributed by atoms with van der Waals surface area (Å²) in [6.45, 7) is 3.97. The van der Waals surface area contributed by atoms with Crippen LogP contribution in [0.2, 0.25) is 0 Å². The highest BCUT2D eigenvalue weighted by atomic mass is 19.2. The molecular formula is C21H18F2N2O3. The highest BCUT2D eigenvalue weighted by Gasteiger charge is 2.45. The number of fused-ring (bicyclic) bond motifs is 3. The minimum absolute atomic E-state index is 0.0967. The molecule has 1 aliphatic rings. The molecule has 1 amide bonds. The van der Waals surface area contributed by atoms with E-state index in [-0.39, 0.29) is 12.1 Å². The number of benzene rings is 2. The molecule has 0 saturated heterocycles. The van der Waals surface area contributed by atoms with Crippen molar-refractivity contribution in [3.05, 3.63) is 70.9 Å². The number of H-pyrrole nitrogens is 1. The molecule has 28 heavy (non-hydrogen) atoms. The highest BCUT2D eigenvalue weighted by molar-refractivity contribution is 5.98. The number of carbonyl (C=O) groups excluding carboxylic acids is 1. The summed E-state index contributed by atoms with van der Waals surface area (Å²) in [5, 5.41) is 10.8. The van der Waals surface area contributed by atoms with Crippen LogP contribution in [0, 0.1) is 11.6 Å². The average molecular weight is 384 g/mol. The van der Waals surface area contributed by atoms with Gasteiger partial charge in [-0.1, -0.05) is 32.0 Å². The fourth-order valence-electron chi connectivity index (χ4n) is 4.09. The number of aromatic nitrogens is 1. The molecule has 2 aromatic carbocycles. The molecule has 4 rings (SSSR count). The minimum Gasteiger partial charge on any atom is -0.479 e. The van der Waals surface area contributed by atoms with E-state index in [2.05, 4.69) is 4.98 Å². The molecular weight excluding hydrogens is 366 g/mol. The van der Waals surface area contributed by atoms with E-state index in [1.54, 1.807) is 0 Å². The first-order valence-electron chi connectivity index (χ1n) is 8.80. The van der Waals surface area contributed by atoms with Gasteiger partial charge >= 0.3 is 5.97 Å². The highest BCUT2D eigenvalue weighted by Crippen LogP contribution is 2.44. The summed E-state index contributed by atoms with van der Waals surface area (Å²) < 4.78 is 26.9. The van der Waals surface area contributed by atoms with E-state index < -0.39 is 35.0 Å². The van der Waals surface area contributed by atoms with Crippen molar-refractivity contribution in [3.63, 3.8) is 0 Å². The van der Waals surface area contributed by atoms with Gasteiger partial charge in [0.1, 0.15) is 0 Å². The zero-order valence-electron chi connectivity index (χ0n) is 15.3. The van der Waals surface area contributed by atoms with Crippen LogP contribution < -0.4 is 0 Å². The van der Waals surface area contributed by atoms with E-state index in [0.717, 1.165) is 34.7 Å². The summed E-state index contributed by atoms with van der Waals surface area (Å²) in [6, 6.07) is 9.05. The van der Waals surface area contributed by atoms with Gasteiger partial charge in [-0.2, -0.15) is 0 Å². The number of hydrogen-bond donors (Lipinski definition) is 2. The van der Waals surface area contributed by atoms with E-state index in [1.807, 2.05) is 38.1 Å². The van der Waals surface area contributed by atoms with Crippen LogP contribution in [0.1, 0.15) is 41.5 Å². The van der Waals surface area contributed by atoms with Crippen LogP contribution in [0.3, 0.4) is 0 Å². The number of nitrogens with one attached hydrogen (secondary N) is 1. The Kier molecular flexibility index (Phi) is 3.99. The number of halogens is 2. The van der Waals surface area contributed by atoms with E-state index in [4.69, 9.17) is 0 Å². The first kappa shape index (κ1) is 18.2. The molecule has 0 bridgehead atoms. The molecule has 0 radical (unpaired) electrons. The molecule has 0 saturated carbocycles. The van der Waals surface area contributed by atoms with Crippen molar-refractivity contribution in [2.45, 2.75) is 25.3 Å². The lowest BCUT2D eigenvalue weighted by atomic mass is 9.77. The van der Waals surface area contributed by atoms with Crippen LogP contribution in [-0.2, 0) is 10.2 Å². The Hall–Kier alpha value is -3.22. The lowest BCUT2D eigenvalue weighted by Gasteiger charge is -2.42. The Morgan fingerprint density at radius 1 is 1.14 bits per heavy atom. The zero-order chi connectivity index (χ0) is 20.2. The Balaban J connectivity index is 1.88. The van der Waals surface area contributed by atoms with Crippen LogP contribution in [0.15, 0.2) is 42.5 Å². The molecule has 5 nitrogen and oxygen atoms in total. The maximum absolute atomic E-state index is 13.6. The normalized spacial score (nSPS) is 18.1. The molecule has 1 aromatic heterocycles. The molecule has 7 heteroatoms. The molecule has 2 heterocycles. The first-order valence-corrected chi connectivity index (χ1v) is 8.80. The lowest BCUT2D eigenvalue weighted by molar-refractivity contribution is -0.143. The maximum Gasteiger partial charge on any atom is 0.332 e. The largest absolute Gasteiger partial charge is 0.479 e. The second-order valence-corrected chi connectivity index (χ2v) is 7.65. The monoisotopic (exact) mass is 384 g/mol. The number of nitrogens with zero attached hydrogens (tertiary/aromatic N) is 1. The van der Waals surface area contributed by atoms with Crippen molar-refractivity contribution < 1.29 is 23.5 Å². The van der Waals surface area contributed by atoms with E-state index >= 15 is 0 Å². The first-order chi connectivity index (χ1) is 13.2. The van der Waals surface area contributed by atoms with Crippen LogP contribution >= 0.6 is 0 Å². The molecule has 1 aliphatic heterocycles. The summed E-state index contributed by atoms with van der Waals surface area (Å²) in [5.41, 5.74) is 1.43. The standard InChI is InChI=1S/C21H18F2N2O3/c1-21(2)10-25(19(26)11-7-8-13(22)14(23)9-11)18(20(27)28)17-16(21)12-5-3-4-6-15(12)24-17/h3-9,18,24H,10H2,1-2H3,(H,27,28). The van der Waals surface area contributed by atoms with Crippen molar-refractivity contribution in [1.29, 1.82) is 0 Å². The van der Waals surface area contributed by atoms with Gasteiger partial charge in [0.15, 0.2) is 17.7 Å².